The molecule has 0 aliphatic rings. The summed E-state index contributed by atoms with van der Waals surface area (Å²) in [7, 11) is 0. The Kier molecular flexibility index (Phi) is 5.93. The molecule has 0 aliphatic carbocycles. The van der Waals surface area contributed by atoms with Gasteiger partial charge in [-0.15, -0.1) is 0 Å². The van der Waals surface area contributed by atoms with Crippen LogP contribution in [0, 0.1) is 0 Å². The fourth-order valence-electron chi connectivity index (χ4n) is 1.51. The maximum atomic E-state index is 5.37. The molecule has 1 atom stereocenters. The normalized spacial score (nSPS) is 12.7. The standard InChI is InChI=1S/C12H23N3O/c1-4-6-8-15-9-7-13-12(15)14-11(3)10-16-5-2/h7,9,11H,4-6,8,10H2,1-3H3,(H,13,14). The molecule has 0 saturated heterocycles. The Labute approximate surface area is 98.0 Å². The van der Waals surface area contributed by atoms with Crippen LogP contribution in [0.5, 0.6) is 0 Å². The van der Waals surface area contributed by atoms with Gasteiger partial charge in [0.1, 0.15) is 0 Å². The van der Waals surface area contributed by atoms with E-state index in [1.807, 2.05) is 19.3 Å². The fourth-order valence-corrected chi connectivity index (χ4v) is 1.51. The van der Waals surface area contributed by atoms with Crippen molar-refractivity contribution in [1.29, 1.82) is 0 Å². The van der Waals surface area contributed by atoms with Crippen molar-refractivity contribution in [2.75, 3.05) is 18.5 Å². The van der Waals surface area contributed by atoms with Crippen molar-refractivity contribution in [1.82, 2.24) is 9.55 Å². The Balaban J connectivity index is 2.42. The highest BCUT2D eigenvalue weighted by atomic mass is 16.5. The lowest BCUT2D eigenvalue weighted by Crippen LogP contribution is -2.23. The number of anilines is 1. The zero-order valence-electron chi connectivity index (χ0n) is 10.6. The number of ether oxygens (including phenoxy) is 1. The molecular weight excluding hydrogens is 202 g/mol. The molecule has 1 aromatic rings. The van der Waals surface area contributed by atoms with E-state index in [2.05, 4.69) is 28.7 Å². The van der Waals surface area contributed by atoms with Crippen LogP contribution in [0.3, 0.4) is 0 Å². The molecule has 0 aromatic carbocycles. The van der Waals surface area contributed by atoms with Crippen molar-refractivity contribution in [2.45, 2.75) is 46.2 Å². The maximum absolute atomic E-state index is 5.37. The molecule has 4 heteroatoms. The number of nitrogens with one attached hydrogen (secondary N) is 1. The molecule has 0 saturated carbocycles. The van der Waals surface area contributed by atoms with Crippen LogP contribution in [0.25, 0.3) is 0 Å². The average molecular weight is 225 g/mol. The van der Waals surface area contributed by atoms with Crippen LogP contribution in [-0.4, -0.2) is 28.8 Å². The first-order chi connectivity index (χ1) is 7.77. The Hall–Kier alpha value is -1.03. The summed E-state index contributed by atoms with van der Waals surface area (Å²) >= 11 is 0. The van der Waals surface area contributed by atoms with Crippen LogP contribution in [0.2, 0.25) is 0 Å². The summed E-state index contributed by atoms with van der Waals surface area (Å²) in [6, 6.07) is 0.294. The van der Waals surface area contributed by atoms with E-state index in [4.69, 9.17) is 4.74 Å². The minimum Gasteiger partial charge on any atom is -0.380 e. The van der Waals surface area contributed by atoms with Gasteiger partial charge in [-0.05, 0) is 20.3 Å². The number of hydrogen-bond donors (Lipinski definition) is 1. The summed E-state index contributed by atoms with van der Waals surface area (Å²) in [5.41, 5.74) is 0. The lowest BCUT2D eigenvalue weighted by molar-refractivity contribution is 0.141. The van der Waals surface area contributed by atoms with E-state index in [1.54, 1.807) is 0 Å². The molecule has 0 radical (unpaired) electrons. The lowest BCUT2D eigenvalue weighted by Gasteiger charge is -2.15. The summed E-state index contributed by atoms with van der Waals surface area (Å²) in [6.45, 7) is 8.82. The molecule has 1 aromatic heterocycles. The van der Waals surface area contributed by atoms with Gasteiger partial charge in [-0.2, -0.15) is 0 Å². The van der Waals surface area contributed by atoms with Crippen molar-refractivity contribution >= 4 is 5.95 Å². The van der Waals surface area contributed by atoms with Crippen LogP contribution in [0.15, 0.2) is 12.4 Å². The summed E-state index contributed by atoms with van der Waals surface area (Å²) in [4.78, 5) is 4.31. The molecule has 0 bridgehead atoms. The van der Waals surface area contributed by atoms with Gasteiger partial charge in [0.15, 0.2) is 0 Å². The van der Waals surface area contributed by atoms with Gasteiger partial charge in [0.25, 0.3) is 0 Å². The molecule has 1 heterocycles. The summed E-state index contributed by atoms with van der Waals surface area (Å²) in [5.74, 6) is 0.945. The Bertz CT molecular complexity index is 286. The van der Waals surface area contributed by atoms with Crippen molar-refractivity contribution in [3.05, 3.63) is 12.4 Å². The van der Waals surface area contributed by atoms with Crippen LogP contribution >= 0.6 is 0 Å². The average Bonchev–Trinajstić information content (AvgIpc) is 2.71. The van der Waals surface area contributed by atoms with Gasteiger partial charge in [0, 0.05) is 31.6 Å². The molecule has 1 unspecified atom stereocenters. The van der Waals surface area contributed by atoms with E-state index < -0.39 is 0 Å². The fraction of sp³-hybridized carbons (Fsp3) is 0.750. The molecular formula is C12H23N3O. The van der Waals surface area contributed by atoms with E-state index in [0.717, 1.165) is 25.7 Å². The first-order valence-corrected chi connectivity index (χ1v) is 6.13. The van der Waals surface area contributed by atoms with Gasteiger partial charge < -0.3 is 14.6 Å². The Morgan fingerprint density at radius 1 is 1.50 bits per heavy atom. The first kappa shape index (κ1) is 13.0. The molecule has 92 valence electrons. The summed E-state index contributed by atoms with van der Waals surface area (Å²) in [5, 5.41) is 3.36. The van der Waals surface area contributed by atoms with Crippen molar-refractivity contribution in [2.24, 2.45) is 0 Å². The smallest absolute Gasteiger partial charge is 0.203 e. The van der Waals surface area contributed by atoms with Gasteiger partial charge in [0.2, 0.25) is 5.95 Å². The largest absolute Gasteiger partial charge is 0.380 e. The number of imidazole rings is 1. The second-order valence-corrected chi connectivity index (χ2v) is 4.00. The molecule has 0 fully saturated rings. The number of rotatable bonds is 8. The van der Waals surface area contributed by atoms with Gasteiger partial charge in [0.05, 0.1) is 6.61 Å². The van der Waals surface area contributed by atoms with E-state index >= 15 is 0 Å². The van der Waals surface area contributed by atoms with Crippen molar-refractivity contribution in [3.8, 4) is 0 Å². The van der Waals surface area contributed by atoms with Gasteiger partial charge in [-0.3, -0.25) is 0 Å². The highest BCUT2D eigenvalue weighted by molar-refractivity contribution is 5.27. The van der Waals surface area contributed by atoms with E-state index in [9.17, 15) is 0 Å². The molecule has 4 nitrogen and oxygen atoms in total. The SMILES string of the molecule is CCCCn1ccnc1NC(C)COCC. The second kappa shape index (κ2) is 7.28. The quantitative estimate of drug-likeness (QED) is 0.739. The predicted octanol–water partition coefficient (Wildman–Crippen LogP) is 2.52. The number of nitrogens with zero attached hydrogens (tertiary/aromatic N) is 2. The monoisotopic (exact) mass is 225 g/mol. The first-order valence-electron chi connectivity index (χ1n) is 6.13. The molecule has 0 spiro atoms. The highest BCUT2D eigenvalue weighted by Gasteiger charge is 2.06. The van der Waals surface area contributed by atoms with E-state index in [1.165, 1.54) is 12.8 Å². The zero-order chi connectivity index (χ0) is 11.8. The van der Waals surface area contributed by atoms with E-state index in [-0.39, 0.29) is 0 Å². The Morgan fingerprint density at radius 3 is 3.00 bits per heavy atom. The van der Waals surface area contributed by atoms with E-state index in [0.29, 0.717) is 6.04 Å². The highest BCUT2D eigenvalue weighted by Crippen LogP contribution is 2.08. The second-order valence-electron chi connectivity index (χ2n) is 4.00. The third-order valence-corrected chi connectivity index (χ3v) is 2.42. The minimum atomic E-state index is 0.294. The van der Waals surface area contributed by atoms with Crippen LogP contribution in [0.1, 0.15) is 33.6 Å². The Morgan fingerprint density at radius 2 is 2.31 bits per heavy atom. The van der Waals surface area contributed by atoms with Crippen molar-refractivity contribution in [3.63, 3.8) is 0 Å². The summed E-state index contributed by atoms with van der Waals surface area (Å²) in [6.07, 6.45) is 6.24. The third kappa shape index (κ3) is 4.23. The van der Waals surface area contributed by atoms with Crippen molar-refractivity contribution < 1.29 is 4.74 Å². The zero-order valence-corrected chi connectivity index (χ0v) is 10.6. The number of aromatic nitrogens is 2. The molecule has 1 N–H and O–H groups in total. The molecule has 16 heavy (non-hydrogen) atoms. The van der Waals surface area contributed by atoms with Gasteiger partial charge in [-0.25, -0.2) is 4.98 Å². The number of aryl methyl sites for hydroxylation is 1. The third-order valence-electron chi connectivity index (χ3n) is 2.42. The molecule has 0 amide bonds. The molecule has 1 rings (SSSR count). The maximum Gasteiger partial charge on any atom is 0.203 e. The van der Waals surface area contributed by atoms with Gasteiger partial charge >= 0.3 is 0 Å². The van der Waals surface area contributed by atoms with Crippen LogP contribution in [-0.2, 0) is 11.3 Å². The predicted molar refractivity (Wildman–Crippen MR) is 66.7 cm³/mol. The van der Waals surface area contributed by atoms with Gasteiger partial charge in [-0.1, -0.05) is 13.3 Å². The molecule has 0 aliphatic heterocycles. The van der Waals surface area contributed by atoms with Crippen LogP contribution < -0.4 is 5.32 Å². The van der Waals surface area contributed by atoms with Crippen LogP contribution in [0.4, 0.5) is 5.95 Å². The minimum absolute atomic E-state index is 0.294. The lowest BCUT2D eigenvalue weighted by atomic mass is 10.3. The number of hydrogen-bond acceptors (Lipinski definition) is 3. The summed E-state index contributed by atoms with van der Waals surface area (Å²) < 4.78 is 7.52. The number of unbranched alkanes of at least 4 members (excludes halogenated alkanes) is 1. The topological polar surface area (TPSA) is 39.1 Å².